The van der Waals surface area contributed by atoms with Crippen LogP contribution >= 0.6 is 0 Å². The summed E-state index contributed by atoms with van der Waals surface area (Å²) in [5, 5.41) is 9.58. The Balaban J connectivity index is 1.63. The monoisotopic (exact) mass is 364 g/mol. The van der Waals surface area contributed by atoms with Crippen molar-refractivity contribution in [2.75, 3.05) is 4.90 Å². The molecule has 0 bridgehead atoms. The SMILES string of the molecule is O=C(O)C1CCC(C(=O)N(Cc2ccccc2)c2ccccc2)N1C1CC1. The predicted octanol–water partition coefficient (Wildman–Crippen LogP) is 3.30. The number of carbonyl (C=O) groups excluding carboxylic acids is 1. The molecule has 1 saturated carbocycles. The van der Waals surface area contributed by atoms with Gasteiger partial charge in [0.15, 0.2) is 0 Å². The molecule has 5 heteroatoms. The van der Waals surface area contributed by atoms with Crippen molar-refractivity contribution in [1.82, 2.24) is 4.90 Å². The van der Waals surface area contributed by atoms with Crippen molar-refractivity contribution in [3.8, 4) is 0 Å². The molecule has 2 fully saturated rings. The molecule has 5 nitrogen and oxygen atoms in total. The van der Waals surface area contributed by atoms with E-state index in [0.29, 0.717) is 19.4 Å². The van der Waals surface area contributed by atoms with E-state index in [2.05, 4.69) is 0 Å². The molecule has 1 saturated heterocycles. The molecule has 0 radical (unpaired) electrons. The Kier molecular flexibility index (Phi) is 4.94. The van der Waals surface area contributed by atoms with Gasteiger partial charge < -0.3 is 10.0 Å². The van der Waals surface area contributed by atoms with Crippen LogP contribution in [0.1, 0.15) is 31.2 Å². The van der Waals surface area contributed by atoms with Crippen LogP contribution in [0.4, 0.5) is 5.69 Å². The third-order valence-electron chi connectivity index (χ3n) is 5.49. The van der Waals surface area contributed by atoms with Gasteiger partial charge >= 0.3 is 5.97 Å². The zero-order valence-electron chi connectivity index (χ0n) is 15.2. The number of rotatable bonds is 6. The van der Waals surface area contributed by atoms with E-state index >= 15 is 0 Å². The number of amides is 1. The molecule has 27 heavy (non-hydrogen) atoms. The van der Waals surface area contributed by atoms with Crippen LogP contribution in [0.5, 0.6) is 0 Å². The lowest BCUT2D eigenvalue weighted by atomic mass is 10.1. The molecule has 1 N–H and O–H groups in total. The highest BCUT2D eigenvalue weighted by Crippen LogP contribution is 2.38. The Morgan fingerprint density at radius 2 is 1.48 bits per heavy atom. The summed E-state index contributed by atoms with van der Waals surface area (Å²) in [6.45, 7) is 0.483. The zero-order chi connectivity index (χ0) is 18.8. The molecule has 2 aromatic carbocycles. The number of benzene rings is 2. The van der Waals surface area contributed by atoms with Crippen molar-refractivity contribution < 1.29 is 14.7 Å². The number of carboxylic acid groups (broad SMARTS) is 1. The molecule has 1 aliphatic carbocycles. The highest BCUT2D eigenvalue weighted by atomic mass is 16.4. The lowest BCUT2D eigenvalue weighted by Crippen LogP contribution is -2.50. The number of carbonyl (C=O) groups is 2. The van der Waals surface area contributed by atoms with Crippen molar-refractivity contribution >= 4 is 17.6 Å². The van der Waals surface area contributed by atoms with E-state index < -0.39 is 12.0 Å². The normalized spacial score (nSPS) is 22.5. The quantitative estimate of drug-likeness (QED) is 0.854. The highest BCUT2D eigenvalue weighted by molar-refractivity contribution is 5.98. The van der Waals surface area contributed by atoms with Crippen molar-refractivity contribution in [3.05, 3.63) is 66.2 Å². The fraction of sp³-hybridized carbons (Fsp3) is 0.364. The molecular weight excluding hydrogens is 340 g/mol. The van der Waals surface area contributed by atoms with E-state index in [1.807, 2.05) is 65.6 Å². The Morgan fingerprint density at radius 3 is 2.07 bits per heavy atom. The van der Waals surface area contributed by atoms with Crippen molar-refractivity contribution in [2.45, 2.75) is 50.4 Å². The number of likely N-dealkylation sites (tertiary alicyclic amines) is 1. The van der Waals surface area contributed by atoms with Gasteiger partial charge in [0.2, 0.25) is 5.91 Å². The van der Waals surface area contributed by atoms with E-state index in [9.17, 15) is 14.7 Å². The molecule has 4 rings (SSSR count). The summed E-state index contributed by atoms with van der Waals surface area (Å²) < 4.78 is 0. The van der Waals surface area contributed by atoms with Crippen LogP contribution in [-0.4, -0.2) is 40.0 Å². The average molecular weight is 364 g/mol. The van der Waals surface area contributed by atoms with Gasteiger partial charge in [0.25, 0.3) is 0 Å². The number of anilines is 1. The Labute approximate surface area is 159 Å². The minimum absolute atomic E-state index is 0.000651. The first-order valence-electron chi connectivity index (χ1n) is 9.56. The second-order valence-corrected chi connectivity index (χ2v) is 7.37. The maximum Gasteiger partial charge on any atom is 0.320 e. The third-order valence-corrected chi connectivity index (χ3v) is 5.49. The van der Waals surface area contributed by atoms with Gasteiger partial charge in [0.1, 0.15) is 6.04 Å². The van der Waals surface area contributed by atoms with E-state index in [-0.39, 0.29) is 18.0 Å². The fourth-order valence-electron chi connectivity index (χ4n) is 4.06. The van der Waals surface area contributed by atoms with Crippen molar-refractivity contribution in [2.24, 2.45) is 0 Å². The van der Waals surface area contributed by atoms with E-state index in [4.69, 9.17) is 0 Å². The fourth-order valence-corrected chi connectivity index (χ4v) is 4.06. The Hall–Kier alpha value is -2.66. The summed E-state index contributed by atoms with van der Waals surface area (Å²) in [6.07, 6.45) is 3.11. The van der Waals surface area contributed by atoms with Gasteiger partial charge in [0.05, 0.1) is 12.6 Å². The number of aliphatic carboxylic acids is 1. The van der Waals surface area contributed by atoms with Crippen LogP contribution in [0.2, 0.25) is 0 Å². The van der Waals surface area contributed by atoms with Crippen LogP contribution in [0, 0.1) is 0 Å². The second-order valence-electron chi connectivity index (χ2n) is 7.37. The molecule has 0 spiro atoms. The average Bonchev–Trinajstić information content (AvgIpc) is 3.44. The Morgan fingerprint density at radius 1 is 0.889 bits per heavy atom. The van der Waals surface area contributed by atoms with Gasteiger partial charge in [-0.25, -0.2) is 0 Å². The summed E-state index contributed by atoms with van der Waals surface area (Å²) in [6, 6.07) is 18.9. The molecule has 1 amide bonds. The number of para-hydroxylation sites is 1. The van der Waals surface area contributed by atoms with E-state index in [0.717, 1.165) is 24.1 Å². The number of nitrogens with zero attached hydrogens (tertiary/aromatic N) is 2. The van der Waals surface area contributed by atoms with Crippen LogP contribution in [-0.2, 0) is 16.1 Å². The summed E-state index contributed by atoms with van der Waals surface area (Å²) >= 11 is 0. The summed E-state index contributed by atoms with van der Waals surface area (Å²) in [5.41, 5.74) is 1.90. The Bertz CT molecular complexity index is 805. The number of hydrogen-bond acceptors (Lipinski definition) is 3. The third kappa shape index (κ3) is 3.74. The van der Waals surface area contributed by atoms with Crippen LogP contribution in [0.15, 0.2) is 60.7 Å². The highest BCUT2D eigenvalue weighted by Gasteiger charge is 2.49. The van der Waals surface area contributed by atoms with Gasteiger partial charge in [-0.1, -0.05) is 48.5 Å². The molecule has 1 aliphatic heterocycles. The molecule has 1 heterocycles. The molecule has 2 unspecified atom stereocenters. The standard InChI is InChI=1S/C22H24N2O3/c25-21(19-13-14-20(22(26)27)24(19)18-11-12-18)23(17-9-5-2-6-10-17)15-16-7-3-1-4-8-16/h1-10,18-20H,11-15H2,(H,26,27). The van der Waals surface area contributed by atoms with Crippen LogP contribution in [0.25, 0.3) is 0 Å². The number of hydrogen-bond donors (Lipinski definition) is 1. The van der Waals surface area contributed by atoms with Gasteiger partial charge in [0, 0.05) is 11.7 Å². The first kappa shape index (κ1) is 17.7. The summed E-state index contributed by atoms with van der Waals surface area (Å²) in [4.78, 5) is 29.0. The summed E-state index contributed by atoms with van der Waals surface area (Å²) in [7, 11) is 0. The van der Waals surface area contributed by atoms with Gasteiger partial charge in [-0.2, -0.15) is 0 Å². The number of carboxylic acids is 1. The lowest BCUT2D eigenvalue weighted by Gasteiger charge is -2.32. The smallest absolute Gasteiger partial charge is 0.320 e. The van der Waals surface area contributed by atoms with Gasteiger partial charge in [-0.15, -0.1) is 0 Å². The first-order chi connectivity index (χ1) is 13.1. The summed E-state index contributed by atoms with van der Waals surface area (Å²) in [5.74, 6) is -0.813. The zero-order valence-corrected chi connectivity index (χ0v) is 15.2. The first-order valence-corrected chi connectivity index (χ1v) is 9.56. The minimum Gasteiger partial charge on any atom is -0.480 e. The largest absolute Gasteiger partial charge is 0.480 e. The second kappa shape index (κ2) is 7.53. The van der Waals surface area contributed by atoms with Crippen LogP contribution in [0.3, 0.4) is 0 Å². The van der Waals surface area contributed by atoms with Gasteiger partial charge in [-0.05, 0) is 43.4 Å². The molecule has 2 aliphatic rings. The molecule has 140 valence electrons. The van der Waals surface area contributed by atoms with E-state index in [1.165, 1.54) is 0 Å². The van der Waals surface area contributed by atoms with Crippen LogP contribution < -0.4 is 4.90 Å². The van der Waals surface area contributed by atoms with Crippen molar-refractivity contribution in [1.29, 1.82) is 0 Å². The molecule has 0 aromatic heterocycles. The maximum absolute atomic E-state index is 13.6. The van der Waals surface area contributed by atoms with Gasteiger partial charge in [-0.3, -0.25) is 14.5 Å². The molecular formula is C22H24N2O3. The van der Waals surface area contributed by atoms with Crippen molar-refractivity contribution in [3.63, 3.8) is 0 Å². The maximum atomic E-state index is 13.6. The minimum atomic E-state index is -0.813. The topological polar surface area (TPSA) is 60.9 Å². The molecule has 2 atom stereocenters. The molecule has 2 aromatic rings. The van der Waals surface area contributed by atoms with E-state index in [1.54, 1.807) is 4.90 Å². The predicted molar refractivity (Wildman–Crippen MR) is 103 cm³/mol. The lowest BCUT2D eigenvalue weighted by molar-refractivity contribution is -0.143.